The number of aromatic nitrogens is 1. The maximum atomic E-state index is 2.63. The Morgan fingerprint density at radius 1 is 0.646 bits per heavy atom. The number of hydrogen-bond acceptors (Lipinski definition) is 1. The van der Waals surface area contributed by atoms with Crippen molar-refractivity contribution in [1.82, 2.24) is 9.14 Å². The van der Waals surface area contributed by atoms with E-state index in [2.05, 4.69) is 180 Å². The quantitative estimate of drug-likeness (QED) is 0.176. The molecule has 7 aromatic rings. The number of allylic oxidation sites excluding steroid dienone is 2. The molecule has 2 aliphatic carbocycles. The number of para-hydroxylation sites is 4. The van der Waals surface area contributed by atoms with Gasteiger partial charge in [-0.3, -0.25) is 0 Å². The van der Waals surface area contributed by atoms with Crippen LogP contribution in [0.5, 0.6) is 0 Å². The van der Waals surface area contributed by atoms with Gasteiger partial charge in [-0.1, -0.05) is 105 Å². The van der Waals surface area contributed by atoms with E-state index in [1.165, 1.54) is 89.3 Å². The molecule has 3 heteroatoms. The Balaban J connectivity index is 1.19. The predicted molar refractivity (Wildman–Crippen MR) is 201 cm³/mol. The molecule has 1 unspecified atom stereocenters. The van der Waals surface area contributed by atoms with Crippen molar-refractivity contribution in [1.29, 1.82) is 0 Å². The van der Waals surface area contributed by atoms with Gasteiger partial charge in [0, 0.05) is 51.7 Å². The summed E-state index contributed by atoms with van der Waals surface area (Å²) in [7, 11) is 0. The van der Waals surface area contributed by atoms with Crippen LogP contribution in [0.25, 0.3) is 44.2 Å². The Morgan fingerprint density at radius 3 is 2.31 bits per heavy atom. The maximum absolute atomic E-state index is 2.63. The number of fused-ring (bicyclic) bond motifs is 12. The van der Waals surface area contributed by atoms with E-state index in [4.69, 9.17) is 0 Å². The molecule has 0 bridgehead atoms. The lowest BCUT2D eigenvalue weighted by Gasteiger charge is -2.33. The molecule has 0 fully saturated rings. The first-order chi connectivity index (χ1) is 23.6. The molecule has 0 N–H and O–H groups in total. The van der Waals surface area contributed by atoms with Crippen molar-refractivity contribution < 1.29 is 0 Å². The second-order valence-electron chi connectivity index (χ2n) is 13.9. The summed E-state index contributed by atoms with van der Waals surface area (Å²) in [6, 6.07) is 49.4. The van der Waals surface area contributed by atoms with Crippen LogP contribution in [0.1, 0.15) is 30.5 Å². The second kappa shape index (κ2) is 9.11. The normalized spacial score (nSPS) is 17.7. The van der Waals surface area contributed by atoms with E-state index in [1.54, 1.807) is 0 Å². The smallest absolute Gasteiger partial charge is 0.235 e. The minimum absolute atomic E-state index is 0.0659. The van der Waals surface area contributed by atoms with Crippen molar-refractivity contribution in [3.05, 3.63) is 168 Å². The van der Waals surface area contributed by atoms with Gasteiger partial charge in [0.25, 0.3) is 0 Å². The Labute approximate surface area is 279 Å². The van der Waals surface area contributed by atoms with E-state index in [1.807, 2.05) is 0 Å². The Hall–Kier alpha value is -5.93. The Kier molecular flexibility index (Phi) is 4.97. The molecule has 3 nitrogen and oxygen atoms in total. The molecule has 0 saturated heterocycles. The third-order valence-electron chi connectivity index (χ3n) is 11.2. The summed E-state index contributed by atoms with van der Waals surface area (Å²) >= 11 is 0. The molecule has 1 atom stereocenters. The van der Waals surface area contributed by atoms with Crippen LogP contribution in [0.2, 0.25) is 0 Å². The molecule has 0 amide bonds. The largest absolute Gasteiger partial charge is 0.317 e. The van der Waals surface area contributed by atoms with E-state index < -0.39 is 0 Å². The molecule has 226 valence electrons. The number of rotatable bonds is 2. The maximum Gasteiger partial charge on any atom is 0.235 e. The average Bonchev–Trinajstić information content (AvgIpc) is 3.73. The molecule has 4 aliphatic rings. The molecule has 48 heavy (non-hydrogen) atoms. The lowest BCUT2D eigenvalue weighted by Crippen LogP contribution is -2.43. The molecular weight excluding hydrogens is 583 g/mol. The van der Waals surface area contributed by atoms with Crippen molar-refractivity contribution in [3.63, 3.8) is 0 Å². The standard InChI is InChI=1S/C45H32N3/c1-45(2)35-18-8-6-15-30(35)31-24-23-29(27-36(31)45)47-38-20-10-11-21-39(38)48-43-32(17-12-22-41(43)47)33-25-26-40-42(44(33)48)34-16-7-9-19-37(34)46(40)28-13-4-3-5-14-28/h3-27,43H,1-2H3/q+1. The Morgan fingerprint density at radius 2 is 1.40 bits per heavy atom. The first-order valence-corrected chi connectivity index (χ1v) is 16.9. The van der Waals surface area contributed by atoms with E-state index in [0.29, 0.717) is 0 Å². The van der Waals surface area contributed by atoms with E-state index >= 15 is 0 Å². The number of hydrogen-bond donors (Lipinski definition) is 0. The molecule has 2 aliphatic heterocycles. The van der Waals surface area contributed by atoms with Gasteiger partial charge < -0.3 is 9.47 Å². The van der Waals surface area contributed by atoms with Crippen LogP contribution in [0.4, 0.5) is 22.7 Å². The number of nitrogens with zero attached hydrogens (tertiary/aromatic N) is 3. The summed E-state index contributed by atoms with van der Waals surface area (Å²) < 4.78 is 4.95. The summed E-state index contributed by atoms with van der Waals surface area (Å²) in [6.45, 7) is 4.74. The van der Waals surface area contributed by atoms with Gasteiger partial charge >= 0.3 is 0 Å². The van der Waals surface area contributed by atoms with Crippen LogP contribution in [0.15, 0.2) is 152 Å². The minimum atomic E-state index is -0.0659. The van der Waals surface area contributed by atoms with Crippen molar-refractivity contribution in [2.45, 2.75) is 25.3 Å². The molecule has 0 spiro atoms. The first kappa shape index (κ1) is 26.2. The zero-order valence-electron chi connectivity index (χ0n) is 26.9. The highest BCUT2D eigenvalue weighted by atomic mass is 15.3. The lowest BCUT2D eigenvalue weighted by molar-refractivity contribution is 0.660. The molecule has 0 radical (unpaired) electrons. The van der Waals surface area contributed by atoms with Gasteiger partial charge in [-0.15, -0.1) is 0 Å². The number of anilines is 2. The molecule has 0 saturated carbocycles. The van der Waals surface area contributed by atoms with Crippen molar-refractivity contribution in [3.8, 4) is 16.8 Å². The van der Waals surface area contributed by atoms with Crippen LogP contribution in [-0.4, -0.2) is 16.3 Å². The van der Waals surface area contributed by atoms with Gasteiger partial charge in [0.1, 0.15) is 11.7 Å². The highest BCUT2D eigenvalue weighted by Crippen LogP contribution is 2.56. The van der Waals surface area contributed by atoms with Crippen LogP contribution < -0.4 is 9.48 Å². The van der Waals surface area contributed by atoms with Crippen molar-refractivity contribution >= 4 is 55.8 Å². The summed E-state index contributed by atoms with van der Waals surface area (Å²) in [4.78, 5) is 2.63. The topological polar surface area (TPSA) is 11.2 Å². The van der Waals surface area contributed by atoms with Crippen LogP contribution >= 0.6 is 0 Å². The second-order valence-corrected chi connectivity index (χ2v) is 13.9. The first-order valence-electron chi connectivity index (χ1n) is 16.9. The third-order valence-corrected chi connectivity index (χ3v) is 11.2. The van der Waals surface area contributed by atoms with Gasteiger partial charge in [0.05, 0.1) is 16.7 Å². The highest BCUT2D eigenvalue weighted by Gasteiger charge is 2.49. The predicted octanol–water partition coefficient (Wildman–Crippen LogP) is 10.9. The van der Waals surface area contributed by atoms with Gasteiger partial charge in [0.15, 0.2) is 0 Å². The fraction of sp³-hybridized carbons (Fsp3) is 0.0889. The molecule has 1 aromatic heterocycles. The molecule has 11 rings (SSSR count). The van der Waals surface area contributed by atoms with Crippen LogP contribution in [0.3, 0.4) is 0 Å². The zero-order valence-corrected chi connectivity index (χ0v) is 26.9. The summed E-state index contributed by atoms with van der Waals surface area (Å²) in [5, 5.41) is 2.59. The van der Waals surface area contributed by atoms with Crippen LogP contribution in [-0.2, 0) is 5.41 Å². The van der Waals surface area contributed by atoms with Gasteiger partial charge in [0.2, 0.25) is 17.1 Å². The zero-order chi connectivity index (χ0) is 31.7. The fourth-order valence-electron chi connectivity index (χ4n) is 9.18. The summed E-state index contributed by atoms with van der Waals surface area (Å²) in [6.07, 6.45) is 6.92. The third kappa shape index (κ3) is 3.16. The van der Waals surface area contributed by atoms with Gasteiger partial charge in [-0.05, 0) is 64.2 Å². The van der Waals surface area contributed by atoms with Crippen molar-refractivity contribution in [2.24, 2.45) is 0 Å². The number of benzene rings is 6. The van der Waals surface area contributed by atoms with Crippen LogP contribution in [0, 0.1) is 0 Å². The highest BCUT2D eigenvalue weighted by molar-refractivity contribution is 6.27. The Bertz CT molecular complexity index is 2650. The van der Waals surface area contributed by atoms with E-state index in [-0.39, 0.29) is 11.5 Å². The average molecular weight is 615 g/mol. The van der Waals surface area contributed by atoms with E-state index in [0.717, 1.165) is 0 Å². The fourth-order valence-corrected chi connectivity index (χ4v) is 9.18. The van der Waals surface area contributed by atoms with Gasteiger partial charge in [-0.25, -0.2) is 0 Å². The monoisotopic (exact) mass is 614 g/mol. The molecule has 6 aromatic carbocycles. The summed E-state index contributed by atoms with van der Waals surface area (Å²) in [5.74, 6) is 0. The summed E-state index contributed by atoms with van der Waals surface area (Å²) in [5.41, 5.74) is 18.0. The molecular formula is C45H32N3+. The minimum Gasteiger partial charge on any atom is -0.317 e. The SMILES string of the molecule is CC1(C)c2ccccc2-c2ccc([N+]3=C4C=CC=C5c6ccc7c(c6N(c6ccccc63)C54)c3ccccc3n7-c3ccccc3)cc21. The van der Waals surface area contributed by atoms with E-state index in [9.17, 15) is 0 Å². The lowest BCUT2D eigenvalue weighted by atomic mass is 9.82. The molecule has 3 heterocycles. The van der Waals surface area contributed by atoms with Crippen molar-refractivity contribution in [2.75, 3.05) is 4.90 Å². The van der Waals surface area contributed by atoms with Gasteiger partial charge in [-0.2, -0.15) is 4.58 Å².